The van der Waals surface area contributed by atoms with Crippen LogP contribution < -0.4 is 15.8 Å². The van der Waals surface area contributed by atoms with Crippen LogP contribution in [0.2, 0.25) is 0 Å². The van der Waals surface area contributed by atoms with E-state index in [1.54, 1.807) is 0 Å². The van der Waals surface area contributed by atoms with E-state index in [9.17, 15) is 26.4 Å². The molecule has 0 bridgehead atoms. The van der Waals surface area contributed by atoms with Crippen molar-refractivity contribution in [2.45, 2.75) is 6.18 Å². The molecule has 0 radical (unpaired) electrons. The van der Waals surface area contributed by atoms with Crippen molar-refractivity contribution < 1.29 is 35.7 Å². The van der Waals surface area contributed by atoms with E-state index >= 15 is 0 Å². The van der Waals surface area contributed by atoms with Crippen LogP contribution >= 0.6 is 0 Å². The number of aryl methyl sites for hydroxylation is 1. The molecule has 0 aliphatic heterocycles. The zero-order chi connectivity index (χ0) is 20.6. The molecule has 27 heavy (non-hydrogen) atoms. The molecule has 0 aliphatic rings. The van der Waals surface area contributed by atoms with Crippen molar-refractivity contribution in [1.29, 1.82) is 5.41 Å². The van der Waals surface area contributed by atoms with E-state index in [1.807, 2.05) is 5.32 Å². The molecule has 9 nitrogen and oxygen atoms in total. The summed E-state index contributed by atoms with van der Waals surface area (Å²) in [5, 5.41) is 8.67. The summed E-state index contributed by atoms with van der Waals surface area (Å²) in [6, 6.07) is 2.69. The van der Waals surface area contributed by atoms with Gasteiger partial charge < -0.3 is 15.0 Å². The summed E-state index contributed by atoms with van der Waals surface area (Å²) in [5.41, 5.74) is 3.69. The van der Waals surface area contributed by atoms with Gasteiger partial charge >= 0.3 is 6.18 Å². The van der Waals surface area contributed by atoms with Crippen molar-refractivity contribution in [3.63, 3.8) is 0 Å². The lowest BCUT2D eigenvalue weighted by atomic mass is 10.1. The Labute approximate surface area is 151 Å². The number of ether oxygens (including phenoxy) is 1. The monoisotopic (exact) mass is 408 g/mol. The molecule has 0 unspecified atom stereocenters. The van der Waals surface area contributed by atoms with Crippen molar-refractivity contribution in [3.8, 4) is 5.75 Å². The second-order valence-electron chi connectivity index (χ2n) is 5.46. The molecule has 1 heterocycles. The van der Waals surface area contributed by atoms with E-state index in [0.717, 1.165) is 22.8 Å². The van der Waals surface area contributed by atoms with Gasteiger partial charge in [0.15, 0.2) is 5.96 Å². The van der Waals surface area contributed by atoms with E-state index in [-0.39, 0.29) is 22.3 Å². The number of guanidine groups is 1. The third-order valence-corrected chi connectivity index (χ3v) is 4.23. The van der Waals surface area contributed by atoms with Gasteiger partial charge in [-0.2, -0.15) is 21.6 Å². The number of carbonyl (C=O) groups excluding carboxylic acids is 1. The number of hydrogen-bond acceptors (Lipinski definition) is 5. The van der Waals surface area contributed by atoms with E-state index < -0.39 is 46.1 Å². The first-order valence-corrected chi connectivity index (χ1v) is 8.85. The smallest absolute Gasteiger partial charge is 0.417 e. The number of rotatable bonds is 5. The van der Waals surface area contributed by atoms with Crippen LogP contribution in [0.4, 0.5) is 13.2 Å². The lowest BCUT2D eigenvalue weighted by molar-refractivity contribution is -0.136. The molecule has 13 heteroatoms. The van der Waals surface area contributed by atoms with Crippen LogP contribution in [-0.4, -0.2) is 41.8 Å². The summed E-state index contributed by atoms with van der Waals surface area (Å²) < 4.78 is 76.4. The molecular formula is C14H15F3N4O5S. The number of halogens is 3. The van der Waals surface area contributed by atoms with Gasteiger partial charge in [0, 0.05) is 12.4 Å². The Morgan fingerprint density at radius 1 is 1.41 bits per heavy atom. The summed E-state index contributed by atoms with van der Waals surface area (Å²) in [5.74, 6) is -2.48. The second-order valence-corrected chi connectivity index (χ2v) is 7.03. The number of aromatic nitrogens is 1. The van der Waals surface area contributed by atoms with Crippen LogP contribution in [0, 0.1) is 5.41 Å². The highest BCUT2D eigenvalue weighted by Crippen LogP contribution is 2.39. The van der Waals surface area contributed by atoms with Crippen molar-refractivity contribution in [2.75, 3.05) is 12.4 Å². The first-order valence-electron chi connectivity index (χ1n) is 7.24. The highest BCUT2D eigenvalue weighted by molar-refractivity contribution is 7.85. The number of hydrogen-bond donors (Lipinski definition) is 4. The number of amides is 1. The van der Waals surface area contributed by atoms with E-state index in [4.69, 9.17) is 20.4 Å². The van der Waals surface area contributed by atoms with Crippen molar-refractivity contribution in [2.24, 2.45) is 12.8 Å². The van der Waals surface area contributed by atoms with Crippen LogP contribution in [0.1, 0.15) is 16.1 Å². The van der Waals surface area contributed by atoms with Gasteiger partial charge in [0.1, 0.15) is 23.8 Å². The normalized spacial score (nSPS) is 12.2. The van der Waals surface area contributed by atoms with E-state index in [2.05, 4.69) is 0 Å². The highest BCUT2D eigenvalue weighted by atomic mass is 32.2. The topological polar surface area (TPSA) is 148 Å². The standard InChI is InChI=1S/C14H15F3N4O5S/c1-21-9(12(22)20-13(18)19)6-7-8(14(15,16)17)2-3-10(11(7)21)26-4-5-27(23,24)25/h2-3,6H,4-5H2,1H3,(H,23,24,25)(H4,18,19,20,22). The lowest BCUT2D eigenvalue weighted by Gasteiger charge is -2.13. The Hall–Kier alpha value is -2.80. The number of nitrogens with two attached hydrogens (primary N) is 1. The molecule has 1 aromatic carbocycles. The molecule has 1 aromatic heterocycles. The quantitative estimate of drug-likeness (QED) is 0.331. The number of carbonyl (C=O) groups is 1. The van der Waals surface area contributed by atoms with Crippen LogP contribution in [0.5, 0.6) is 5.75 Å². The molecule has 1 amide bonds. The van der Waals surface area contributed by atoms with Crippen molar-refractivity contribution in [3.05, 3.63) is 29.5 Å². The number of benzene rings is 1. The summed E-state index contributed by atoms with van der Waals surface area (Å²) in [6.07, 6.45) is -4.72. The van der Waals surface area contributed by atoms with Crippen LogP contribution in [-0.2, 0) is 23.3 Å². The molecule has 5 N–H and O–H groups in total. The van der Waals surface area contributed by atoms with Gasteiger partial charge in [-0.1, -0.05) is 0 Å². The molecule has 0 fully saturated rings. The molecule has 0 spiro atoms. The maximum Gasteiger partial charge on any atom is 0.417 e. The van der Waals surface area contributed by atoms with Gasteiger partial charge in [0.25, 0.3) is 16.0 Å². The first-order chi connectivity index (χ1) is 12.3. The fraction of sp³-hybridized carbons (Fsp3) is 0.286. The number of nitrogens with one attached hydrogen (secondary N) is 2. The average molecular weight is 408 g/mol. The lowest BCUT2D eigenvalue weighted by Crippen LogP contribution is -2.36. The first kappa shape index (κ1) is 20.5. The van der Waals surface area contributed by atoms with Gasteiger partial charge in [-0.15, -0.1) is 0 Å². The van der Waals surface area contributed by atoms with Gasteiger partial charge in [0.05, 0.1) is 11.1 Å². The Balaban J connectivity index is 2.60. The minimum atomic E-state index is -4.72. The SMILES string of the molecule is Cn1c(C(=O)NC(=N)N)cc2c(C(F)(F)F)ccc(OCCS(=O)(=O)O)c21. The fourth-order valence-corrected chi connectivity index (χ4v) is 2.75. The Morgan fingerprint density at radius 3 is 2.56 bits per heavy atom. The fourth-order valence-electron chi connectivity index (χ4n) is 2.46. The molecule has 0 saturated carbocycles. The Kier molecular flexibility index (Phi) is 5.37. The molecule has 0 aliphatic carbocycles. The maximum atomic E-state index is 13.3. The maximum absolute atomic E-state index is 13.3. The molecule has 0 saturated heterocycles. The zero-order valence-electron chi connectivity index (χ0n) is 13.8. The number of alkyl halides is 3. The van der Waals surface area contributed by atoms with Crippen LogP contribution in [0.15, 0.2) is 18.2 Å². The summed E-state index contributed by atoms with van der Waals surface area (Å²) >= 11 is 0. The minimum Gasteiger partial charge on any atom is -0.490 e. The molecule has 0 atom stereocenters. The largest absolute Gasteiger partial charge is 0.490 e. The van der Waals surface area contributed by atoms with Gasteiger partial charge in [-0.3, -0.25) is 20.1 Å². The molecule has 2 aromatic rings. The summed E-state index contributed by atoms with van der Waals surface area (Å²) in [6.45, 7) is -0.514. The third-order valence-electron chi connectivity index (χ3n) is 3.54. The summed E-state index contributed by atoms with van der Waals surface area (Å²) in [7, 11) is -3.03. The van der Waals surface area contributed by atoms with Gasteiger partial charge in [-0.05, 0) is 18.2 Å². The number of fused-ring (bicyclic) bond motifs is 1. The second kappa shape index (κ2) is 7.08. The highest BCUT2D eigenvalue weighted by Gasteiger charge is 2.34. The predicted octanol–water partition coefficient (Wildman–Crippen LogP) is 1.09. The van der Waals surface area contributed by atoms with Gasteiger partial charge in [0.2, 0.25) is 0 Å². The van der Waals surface area contributed by atoms with Crippen molar-refractivity contribution >= 4 is 32.9 Å². The van der Waals surface area contributed by atoms with Gasteiger partial charge in [-0.25, -0.2) is 0 Å². The molecule has 2 rings (SSSR count). The minimum absolute atomic E-state index is 0.117. The number of nitrogens with zero attached hydrogens (tertiary/aromatic N) is 1. The van der Waals surface area contributed by atoms with Crippen molar-refractivity contribution in [1.82, 2.24) is 9.88 Å². The Bertz CT molecular complexity index is 1010. The average Bonchev–Trinajstić information content (AvgIpc) is 2.82. The van der Waals surface area contributed by atoms with E-state index in [0.29, 0.717) is 0 Å². The molecule has 148 valence electrons. The van der Waals surface area contributed by atoms with Crippen LogP contribution in [0.25, 0.3) is 10.9 Å². The third kappa shape index (κ3) is 4.68. The molecular weight excluding hydrogens is 393 g/mol. The predicted molar refractivity (Wildman–Crippen MR) is 89.2 cm³/mol. The Morgan fingerprint density at radius 2 is 2.04 bits per heavy atom. The summed E-state index contributed by atoms with van der Waals surface area (Å²) in [4.78, 5) is 12.1. The van der Waals surface area contributed by atoms with Crippen LogP contribution in [0.3, 0.4) is 0 Å². The zero-order valence-corrected chi connectivity index (χ0v) is 14.6. The van der Waals surface area contributed by atoms with E-state index in [1.165, 1.54) is 7.05 Å².